The average Bonchev–Trinajstić information content (AvgIpc) is 3.33. The lowest BCUT2D eigenvalue weighted by atomic mass is 10.1. The fourth-order valence-corrected chi connectivity index (χ4v) is 2.90. The van der Waals surface area contributed by atoms with E-state index >= 15 is 0 Å². The molecule has 1 aromatic heterocycles. The summed E-state index contributed by atoms with van der Waals surface area (Å²) >= 11 is 0. The molecule has 3 aromatic rings. The van der Waals surface area contributed by atoms with Crippen LogP contribution in [0.4, 0.5) is 0 Å². The van der Waals surface area contributed by atoms with Crippen LogP contribution < -0.4 is 10.1 Å². The van der Waals surface area contributed by atoms with Crippen LogP contribution in [0.2, 0.25) is 0 Å². The van der Waals surface area contributed by atoms with Gasteiger partial charge in [0.1, 0.15) is 23.1 Å². The molecular weight excluding hydrogens is 346 g/mol. The summed E-state index contributed by atoms with van der Waals surface area (Å²) in [5.41, 5.74) is 2.91. The van der Waals surface area contributed by atoms with Crippen LogP contribution in [0.15, 0.2) is 58.1 Å². The smallest absolute Gasteiger partial charge is 0.269 e. The number of fused-ring (bicyclic) bond motifs is 1. The van der Waals surface area contributed by atoms with Gasteiger partial charge in [-0.3, -0.25) is 4.79 Å². The first-order valence-corrected chi connectivity index (χ1v) is 8.69. The lowest BCUT2D eigenvalue weighted by Gasteiger charge is -2.06. The van der Waals surface area contributed by atoms with Crippen molar-refractivity contribution < 1.29 is 18.8 Å². The SMILES string of the molecule is COc1ccc(CNC(=O)C2=NO[C@H](Cc3nc4ccccc4o3)C2)cc1. The predicted octanol–water partition coefficient (Wildman–Crippen LogP) is 2.84. The van der Waals surface area contributed by atoms with Gasteiger partial charge >= 0.3 is 0 Å². The standard InChI is InChI=1S/C20H19N3O4/c1-25-14-8-6-13(7-9-14)12-21-20(24)17-10-15(27-23-17)11-19-22-16-4-2-3-5-18(16)26-19/h2-9,15H,10-12H2,1H3,(H,21,24)/t15-/m0/s1. The van der Waals surface area contributed by atoms with Gasteiger partial charge in [0.2, 0.25) is 0 Å². The van der Waals surface area contributed by atoms with E-state index < -0.39 is 0 Å². The van der Waals surface area contributed by atoms with Gasteiger partial charge in [0, 0.05) is 13.0 Å². The van der Waals surface area contributed by atoms with E-state index in [1.165, 1.54) is 0 Å². The van der Waals surface area contributed by atoms with E-state index in [4.69, 9.17) is 14.0 Å². The third-order valence-corrected chi connectivity index (χ3v) is 4.35. The third kappa shape index (κ3) is 3.92. The molecule has 0 fully saturated rings. The van der Waals surface area contributed by atoms with E-state index in [-0.39, 0.29) is 12.0 Å². The van der Waals surface area contributed by atoms with Crippen molar-refractivity contribution in [3.8, 4) is 5.75 Å². The molecule has 0 radical (unpaired) electrons. The van der Waals surface area contributed by atoms with Gasteiger partial charge in [0.05, 0.1) is 13.5 Å². The van der Waals surface area contributed by atoms with E-state index in [0.717, 1.165) is 22.4 Å². The Morgan fingerprint density at radius 1 is 1.22 bits per heavy atom. The molecule has 1 amide bonds. The summed E-state index contributed by atoms with van der Waals surface area (Å²) in [4.78, 5) is 22.1. The number of benzene rings is 2. The van der Waals surface area contributed by atoms with Gasteiger partial charge in [-0.05, 0) is 29.8 Å². The van der Waals surface area contributed by atoms with Crippen molar-refractivity contribution in [3.05, 3.63) is 60.0 Å². The molecule has 4 rings (SSSR count). The number of rotatable bonds is 6. The number of amides is 1. The molecule has 0 unspecified atom stereocenters. The molecule has 7 heteroatoms. The Labute approximate surface area is 156 Å². The van der Waals surface area contributed by atoms with E-state index in [9.17, 15) is 4.79 Å². The molecule has 0 aliphatic carbocycles. The second kappa shape index (κ2) is 7.49. The Kier molecular flexibility index (Phi) is 4.74. The molecule has 138 valence electrons. The van der Waals surface area contributed by atoms with Crippen molar-refractivity contribution in [2.75, 3.05) is 7.11 Å². The molecule has 2 aromatic carbocycles. The van der Waals surface area contributed by atoms with Gasteiger partial charge in [-0.15, -0.1) is 0 Å². The van der Waals surface area contributed by atoms with Gasteiger partial charge in [0.15, 0.2) is 11.5 Å². The highest BCUT2D eigenvalue weighted by Crippen LogP contribution is 2.20. The maximum absolute atomic E-state index is 12.3. The van der Waals surface area contributed by atoms with Crippen LogP contribution in [0.1, 0.15) is 17.9 Å². The normalized spacial score (nSPS) is 16.0. The zero-order valence-electron chi connectivity index (χ0n) is 14.8. The van der Waals surface area contributed by atoms with Gasteiger partial charge in [-0.25, -0.2) is 4.98 Å². The number of nitrogens with zero attached hydrogens (tertiary/aromatic N) is 2. The van der Waals surface area contributed by atoms with E-state index in [0.29, 0.717) is 31.0 Å². The molecule has 1 atom stereocenters. The summed E-state index contributed by atoms with van der Waals surface area (Å²) in [6, 6.07) is 15.1. The van der Waals surface area contributed by atoms with Crippen LogP contribution in [-0.4, -0.2) is 29.8 Å². The van der Waals surface area contributed by atoms with Crippen molar-refractivity contribution in [2.45, 2.75) is 25.5 Å². The zero-order chi connectivity index (χ0) is 18.6. The van der Waals surface area contributed by atoms with Crippen molar-refractivity contribution in [1.82, 2.24) is 10.3 Å². The monoisotopic (exact) mass is 365 g/mol. The van der Waals surface area contributed by atoms with Crippen LogP contribution in [-0.2, 0) is 22.6 Å². The Morgan fingerprint density at radius 2 is 2.04 bits per heavy atom. The molecule has 1 N–H and O–H groups in total. The molecular formula is C20H19N3O4. The number of methoxy groups -OCH3 is 1. The van der Waals surface area contributed by atoms with Crippen molar-refractivity contribution in [3.63, 3.8) is 0 Å². The van der Waals surface area contributed by atoms with Gasteiger partial charge in [-0.2, -0.15) is 0 Å². The van der Waals surface area contributed by atoms with Crippen molar-refractivity contribution in [2.24, 2.45) is 5.16 Å². The molecule has 2 heterocycles. The minimum atomic E-state index is -0.250. The maximum atomic E-state index is 12.3. The lowest BCUT2D eigenvalue weighted by Crippen LogP contribution is -2.30. The molecule has 27 heavy (non-hydrogen) atoms. The topological polar surface area (TPSA) is 86.0 Å². The van der Waals surface area contributed by atoms with Crippen molar-refractivity contribution >= 4 is 22.7 Å². The van der Waals surface area contributed by atoms with Crippen LogP contribution >= 0.6 is 0 Å². The van der Waals surface area contributed by atoms with Gasteiger partial charge in [-0.1, -0.05) is 29.4 Å². The molecule has 1 aliphatic heterocycles. The Balaban J connectivity index is 1.29. The zero-order valence-corrected chi connectivity index (χ0v) is 14.8. The first-order chi connectivity index (χ1) is 13.2. The summed E-state index contributed by atoms with van der Waals surface area (Å²) in [6.07, 6.45) is 0.639. The number of hydrogen-bond donors (Lipinski definition) is 1. The molecule has 0 spiro atoms. The first-order valence-electron chi connectivity index (χ1n) is 8.69. The van der Waals surface area contributed by atoms with Gasteiger partial charge < -0.3 is 19.3 Å². The number of ether oxygens (including phenoxy) is 1. The summed E-state index contributed by atoms with van der Waals surface area (Å²) in [5.74, 6) is 1.13. The highest BCUT2D eigenvalue weighted by Gasteiger charge is 2.27. The second-order valence-corrected chi connectivity index (χ2v) is 6.28. The molecule has 7 nitrogen and oxygen atoms in total. The number of oxime groups is 1. The number of hydrogen-bond acceptors (Lipinski definition) is 6. The third-order valence-electron chi connectivity index (χ3n) is 4.35. The van der Waals surface area contributed by atoms with E-state index in [2.05, 4.69) is 15.5 Å². The number of carbonyl (C=O) groups is 1. The number of aromatic nitrogens is 1. The minimum Gasteiger partial charge on any atom is -0.497 e. The maximum Gasteiger partial charge on any atom is 0.269 e. The number of para-hydroxylation sites is 2. The predicted molar refractivity (Wildman–Crippen MR) is 99.5 cm³/mol. The Morgan fingerprint density at radius 3 is 2.81 bits per heavy atom. The Hall–Kier alpha value is -3.35. The number of nitrogens with one attached hydrogen (secondary N) is 1. The molecule has 0 saturated carbocycles. The minimum absolute atomic E-state index is 0.231. The Bertz CT molecular complexity index is 945. The average molecular weight is 365 g/mol. The molecule has 0 saturated heterocycles. The summed E-state index contributed by atoms with van der Waals surface area (Å²) < 4.78 is 10.8. The van der Waals surface area contributed by atoms with Gasteiger partial charge in [0.25, 0.3) is 5.91 Å². The first kappa shape index (κ1) is 17.1. The van der Waals surface area contributed by atoms with Crippen LogP contribution in [0, 0.1) is 0 Å². The summed E-state index contributed by atoms with van der Waals surface area (Å²) in [6.45, 7) is 0.414. The fourth-order valence-electron chi connectivity index (χ4n) is 2.90. The quantitative estimate of drug-likeness (QED) is 0.726. The number of oxazole rings is 1. The summed E-state index contributed by atoms with van der Waals surface area (Å²) in [5, 5.41) is 6.78. The second-order valence-electron chi connectivity index (χ2n) is 6.28. The fraction of sp³-hybridized carbons (Fsp3) is 0.250. The van der Waals surface area contributed by atoms with E-state index in [1.807, 2.05) is 48.5 Å². The van der Waals surface area contributed by atoms with Crippen LogP contribution in [0.5, 0.6) is 5.75 Å². The van der Waals surface area contributed by atoms with Crippen molar-refractivity contribution in [1.29, 1.82) is 0 Å². The largest absolute Gasteiger partial charge is 0.497 e. The molecule has 0 bridgehead atoms. The summed E-state index contributed by atoms with van der Waals surface area (Å²) in [7, 11) is 1.62. The lowest BCUT2D eigenvalue weighted by molar-refractivity contribution is -0.115. The highest BCUT2D eigenvalue weighted by molar-refractivity contribution is 6.39. The highest BCUT2D eigenvalue weighted by atomic mass is 16.6. The molecule has 1 aliphatic rings. The number of carbonyl (C=O) groups excluding carboxylic acids is 1. The van der Waals surface area contributed by atoms with Crippen LogP contribution in [0.25, 0.3) is 11.1 Å². The van der Waals surface area contributed by atoms with E-state index in [1.54, 1.807) is 7.11 Å². The van der Waals surface area contributed by atoms with Crippen LogP contribution in [0.3, 0.4) is 0 Å².